The summed E-state index contributed by atoms with van der Waals surface area (Å²) in [6.45, 7) is 8.67. The van der Waals surface area contributed by atoms with Crippen molar-refractivity contribution in [1.29, 1.82) is 0 Å². The molecule has 2 heterocycles. The molecule has 1 aromatic heterocycles. The number of sulfonamides is 1. The minimum Gasteiger partial charge on any atom is -0.379 e. The maximum Gasteiger partial charge on any atom is 0.252 e. The van der Waals surface area contributed by atoms with E-state index in [9.17, 15) is 8.42 Å². The molecule has 1 atom stereocenters. The van der Waals surface area contributed by atoms with Crippen LogP contribution in [0.2, 0.25) is 0 Å². The molecule has 7 nitrogen and oxygen atoms in total. The van der Waals surface area contributed by atoms with E-state index in [1.54, 1.807) is 13.1 Å². The number of nitrogens with zero attached hydrogens (tertiary/aromatic N) is 2. The van der Waals surface area contributed by atoms with Crippen LogP contribution in [0.1, 0.15) is 25.6 Å². The van der Waals surface area contributed by atoms with Crippen LogP contribution in [-0.2, 0) is 21.3 Å². The number of hydrogen-bond acceptors (Lipinski definition) is 5. The van der Waals surface area contributed by atoms with Gasteiger partial charge in [0.05, 0.1) is 19.8 Å². The second kappa shape index (κ2) is 10.8. The predicted molar refractivity (Wildman–Crippen MR) is 117 cm³/mol. The van der Waals surface area contributed by atoms with Gasteiger partial charge in [-0.15, -0.1) is 35.3 Å². The minimum atomic E-state index is -3.42. The summed E-state index contributed by atoms with van der Waals surface area (Å²) < 4.78 is 32.4. The highest BCUT2D eigenvalue weighted by molar-refractivity contribution is 14.0. The maximum absolute atomic E-state index is 12.6. The number of halogens is 1. The van der Waals surface area contributed by atoms with Crippen molar-refractivity contribution < 1.29 is 13.2 Å². The summed E-state index contributed by atoms with van der Waals surface area (Å²) in [4.78, 5) is 5.16. The van der Waals surface area contributed by atoms with E-state index >= 15 is 0 Å². The van der Waals surface area contributed by atoms with Gasteiger partial charge in [0.15, 0.2) is 5.96 Å². The second-order valence-corrected chi connectivity index (χ2v) is 9.67. The lowest BCUT2D eigenvalue weighted by atomic mass is 10.1. The lowest BCUT2D eigenvalue weighted by Crippen LogP contribution is -2.43. The van der Waals surface area contributed by atoms with Crippen LogP contribution < -0.4 is 10.6 Å². The van der Waals surface area contributed by atoms with Crippen LogP contribution >= 0.6 is 35.3 Å². The molecule has 0 bridgehead atoms. The molecule has 0 saturated carbocycles. The van der Waals surface area contributed by atoms with Crippen LogP contribution in [0.5, 0.6) is 0 Å². The molecular weight excluding hydrogens is 487 g/mol. The summed E-state index contributed by atoms with van der Waals surface area (Å²) in [5, 5.41) is 6.56. The zero-order valence-electron chi connectivity index (χ0n) is 15.7. The van der Waals surface area contributed by atoms with E-state index in [-0.39, 0.29) is 24.0 Å². The van der Waals surface area contributed by atoms with Crippen molar-refractivity contribution in [3.05, 3.63) is 17.0 Å². The van der Waals surface area contributed by atoms with Gasteiger partial charge in [0.2, 0.25) is 0 Å². The Morgan fingerprint density at radius 3 is 2.54 bits per heavy atom. The van der Waals surface area contributed by atoms with Crippen molar-refractivity contribution in [2.75, 3.05) is 33.4 Å². The smallest absolute Gasteiger partial charge is 0.252 e. The van der Waals surface area contributed by atoms with Crippen LogP contribution in [0.15, 0.2) is 21.3 Å². The molecule has 2 rings (SSSR count). The van der Waals surface area contributed by atoms with E-state index in [1.807, 2.05) is 6.07 Å². The first-order valence-corrected chi connectivity index (χ1v) is 10.7. The average molecular weight is 516 g/mol. The number of aliphatic imine (C=N–C) groups is 1. The van der Waals surface area contributed by atoms with Gasteiger partial charge in [-0.2, -0.15) is 4.31 Å². The molecule has 10 heteroatoms. The second-order valence-electron chi connectivity index (χ2n) is 6.34. The molecule has 2 N–H and O–H groups in total. The van der Waals surface area contributed by atoms with Crippen molar-refractivity contribution in [1.82, 2.24) is 14.9 Å². The highest BCUT2D eigenvalue weighted by atomic mass is 127. The zero-order valence-corrected chi connectivity index (χ0v) is 19.7. The van der Waals surface area contributed by atoms with Crippen LogP contribution in [0.25, 0.3) is 0 Å². The van der Waals surface area contributed by atoms with Crippen molar-refractivity contribution in [3.8, 4) is 0 Å². The number of hydrogen-bond donors (Lipinski definition) is 2. The summed E-state index contributed by atoms with van der Waals surface area (Å²) in [7, 11) is -1.69. The molecule has 1 aliphatic rings. The average Bonchev–Trinajstić information content (AvgIpc) is 3.08. The van der Waals surface area contributed by atoms with E-state index in [0.29, 0.717) is 55.0 Å². The molecule has 0 amide bonds. The minimum absolute atomic E-state index is 0. The summed E-state index contributed by atoms with van der Waals surface area (Å²) in [5.41, 5.74) is 0. The molecule has 0 spiro atoms. The Morgan fingerprint density at radius 1 is 1.31 bits per heavy atom. The lowest BCUT2D eigenvalue weighted by molar-refractivity contribution is 0.0731. The molecule has 0 aromatic carbocycles. The third-order valence-corrected chi connectivity index (χ3v) is 7.67. The fourth-order valence-corrected chi connectivity index (χ4v) is 5.11. The Hall–Kier alpha value is -0.430. The lowest BCUT2D eigenvalue weighted by Gasteiger charge is -2.25. The van der Waals surface area contributed by atoms with Gasteiger partial charge in [-0.25, -0.2) is 8.42 Å². The summed E-state index contributed by atoms with van der Waals surface area (Å²) in [6.07, 6.45) is 0. The number of ether oxygens (including phenoxy) is 1. The molecule has 150 valence electrons. The SMILES string of the molecule is CN=C(NCc1ccc(S(=O)(=O)N2CCOCC2)s1)NC(C)C(C)C.I. The van der Waals surface area contributed by atoms with Gasteiger partial charge >= 0.3 is 0 Å². The highest BCUT2D eigenvalue weighted by Gasteiger charge is 2.27. The Kier molecular flexibility index (Phi) is 9.80. The maximum atomic E-state index is 12.6. The third kappa shape index (κ3) is 6.32. The number of thiophene rings is 1. The summed E-state index contributed by atoms with van der Waals surface area (Å²) in [6, 6.07) is 3.83. The third-order valence-electron chi connectivity index (χ3n) is 4.22. The standard InChI is InChI=1S/C16H28N4O3S2.HI/c1-12(2)13(3)19-16(17-4)18-11-14-5-6-15(24-14)25(21,22)20-7-9-23-10-8-20;/h5-6,12-13H,7-11H2,1-4H3,(H2,17,18,19);1H. The van der Waals surface area contributed by atoms with Gasteiger partial charge in [-0.05, 0) is 25.0 Å². The van der Waals surface area contributed by atoms with E-state index in [4.69, 9.17) is 4.74 Å². The topological polar surface area (TPSA) is 83.0 Å². The number of rotatable bonds is 6. The molecule has 1 fully saturated rings. The summed E-state index contributed by atoms with van der Waals surface area (Å²) in [5.74, 6) is 1.21. The predicted octanol–water partition coefficient (Wildman–Crippen LogP) is 2.10. The first-order chi connectivity index (χ1) is 11.8. The van der Waals surface area contributed by atoms with Gasteiger partial charge in [-0.1, -0.05) is 13.8 Å². The Labute approximate surface area is 177 Å². The monoisotopic (exact) mass is 516 g/mol. The van der Waals surface area contributed by atoms with Crippen molar-refractivity contribution in [3.63, 3.8) is 0 Å². The zero-order chi connectivity index (χ0) is 18.4. The normalized spacial score (nSPS) is 17.7. The molecule has 1 saturated heterocycles. The van der Waals surface area contributed by atoms with Gasteiger partial charge < -0.3 is 15.4 Å². The first-order valence-electron chi connectivity index (χ1n) is 8.48. The molecule has 1 unspecified atom stereocenters. The highest BCUT2D eigenvalue weighted by Crippen LogP contribution is 2.25. The first kappa shape index (κ1) is 23.6. The Balaban J connectivity index is 0.00000338. The summed E-state index contributed by atoms with van der Waals surface area (Å²) >= 11 is 1.30. The van der Waals surface area contributed by atoms with Gasteiger partial charge in [-0.3, -0.25) is 4.99 Å². The van der Waals surface area contributed by atoms with Crippen LogP contribution in [0, 0.1) is 5.92 Å². The fourth-order valence-electron chi connectivity index (χ4n) is 2.25. The van der Waals surface area contributed by atoms with Gasteiger partial charge in [0, 0.05) is 31.1 Å². The van der Waals surface area contributed by atoms with Gasteiger partial charge in [0.1, 0.15) is 4.21 Å². The van der Waals surface area contributed by atoms with Crippen LogP contribution in [0.4, 0.5) is 0 Å². The molecule has 0 aliphatic carbocycles. The number of guanidine groups is 1. The Morgan fingerprint density at radius 2 is 1.96 bits per heavy atom. The van der Waals surface area contributed by atoms with E-state index in [2.05, 4.69) is 36.4 Å². The molecular formula is C16H29IN4O3S2. The van der Waals surface area contributed by atoms with E-state index in [1.165, 1.54) is 15.6 Å². The fraction of sp³-hybridized carbons (Fsp3) is 0.688. The van der Waals surface area contributed by atoms with E-state index < -0.39 is 10.0 Å². The molecule has 1 aromatic rings. The van der Waals surface area contributed by atoms with Crippen molar-refractivity contribution >= 4 is 51.3 Å². The van der Waals surface area contributed by atoms with Crippen LogP contribution in [-0.4, -0.2) is 58.1 Å². The largest absolute Gasteiger partial charge is 0.379 e. The molecule has 1 aliphatic heterocycles. The molecule has 0 radical (unpaired) electrons. The number of morpholine rings is 1. The van der Waals surface area contributed by atoms with Gasteiger partial charge in [0.25, 0.3) is 10.0 Å². The molecule has 26 heavy (non-hydrogen) atoms. The van der Waals surface area contributed by atoms with E-state index in [0.717, 1.165) is 4.88 Å². The van der Waals surface area contributed by atoms with Crippen molar-refractivity contribution in [2.45, 2.75) is 37.6 Å². The quantitative estimate of drug-likeness (QED) is 0.344. The van der Waals surface area contributed by atoms with Crippen molar-refractivity contribution in [2.24, 2.45) is 10.9 Å². The number of nitrogens with one attached hydrogen (secondary N) is 2. The van der Waals surface area contributed by atoms with Crippen LogP contribution in [0.3, 0.4) is 0 Å². The Bertz CT molecular complexity index is 685.